The summed E-state index contributed by atoms with van der Waals surface area (Å²) in [7, 11) is -3.26. The molecule has 20 heavy (non-hydrogen) atoms. The number of hydrogen-bond donors (Lipinski definition) is 2. The van der Waals surface area contributed by atoms with E-state index in [1.165, 1.54) is 18.9 Å². The smallest absolute Gasteiger partial charge is 0.225 e. The Kier molecular flexibility index (Phi) is 4.45. The van der Waals surface area contributed by atoms with E-state index in [0.717, 1.165) is 11.8 Å². The monoisotopic (exact) mass is 296 g/mol. The standard InChI is InChI=1S/C14H20N2O3S/c1-10-3-6-12(20(2,18)19)9-13(10)16-14(17)7-8-15-11-4-5-11/h3,6,9,11,15H,4-5,7-8H2,1-2H3,(H,16,17). The SMILES string of the molecule is Cc1ccc(S(C)(=O)=O)cc1NC(=O)CCNC1CC1. The molecule has 0 unspecified atom stereocenters. The summed E-state index contributed by atoms with van der Waals surface area (Å²) in [6.45, 7) is 2.49. The van der Waals surface area contributed by atoms with Crippen molar-refractivity contribution in [2.75, 3.05) is 18.1 Å². The number of carbonyl (C=O) groups excluding carboxylic acids is 1. The van der Waals surface area contributed by atoms with Crippen LogP contribution in [0.5, 0.6) is 0 Å². The molecule has 1 aromatic carbocycles. The van der Waals surface area contributed by atoms with Crippen molar-refractivity contribution in [2.45, 2.75) is 37.1 Å². The Morgan fingerprint density at radius 2 is 2.05 bits per heavy atom. The molecule has 110 valence electrons. The number of amides is 1. The maximum atomic E-state index is 11.8. The number of benzene rings is 1. The molecule has 1 aromatic rings. The van der Waals surface area contributed by atoms with E-state index in [1.807, 2.05) is 6.92 Å². The summed E-state index contributed by atoms with van der Waals surface area (Å²) in [5.74, 6) is -0.105. The Balaban J connectivity index is 1.98. The lowest BCUT2D eigenvalue weighted by atomic mass is 10.2. The number of aryl methyl sites for hydroxylation is 1. The van der Waals surface area contributed by atoms with E-state index in [-0.39, 0.29) is 10.8 Å². The summed E-state index contributed by atoms with van der Waals surface area (Å²) in [4.78, 5) is 12.0. The van der Waals surface area contributed by atoms with Gasteiger partial charge in [-0.05, 0) is 37.5 Å². The molecule has 0 atom stereocenters. The minimum atomic E-state index is -3.26. The van der Waals surface area contributed by atoms with Crippen LogP contribution in [0.3, 0.4) is 0 Å². The van der Waals surface area contributed by atoms with Gasteiger partial charge in [0.2, 0.25) is 5.91 Å². The molecule has 1 aliphatic carbocycles. The zero-order valence-corrected chi connectivity index (χ0v) is 12.6. The summed E-state index contributed by atoms with van der Waals surface area (Å²) in [6, 6.07) is 5.35. The highest BCUT2D eigenvalue weighted by atomic mass is 32.2. The molecule has 2 rings (SSSR count). The van der Waals surface area contributed by atoms with E-state index >= 15 is 0 Å². The van der Waals surface area contributed by atoms with Crippen molar-refractivity contribution in [2.24, 2.45) is 0 Å². The van der Waals surface area contributed by atoms with Crippen molar-refractivity contribution in [1.29, 1.82) is 0 Å². The highest BCUT2D eigenvalue weighted by Gasteiger charge is 2.20. The predicted molar refractivity (Wildman–Crippen MR) is 78.6 cm³/mol. The van der Waals surface area contributed by atoms with Crippen molar-refractivity contribution >= 4 is 21.4 Å². The average Bonchev–Trinajstić information content (AvgIpc) is 3.14. The summed E-state index contributed by atoms with van der Waals surface area (Å²) in [6.07, 6.45) is 3.93. The molecule has 0 heterocycles. The molecule has 0 aliphatic heterocycles. The van der Waals surface area contributed by atoms with Crippen molar-refractivity contribution in [3.05, 3.63) is 23.8 Å². The zero-order valence-electron chi connectivity index (χ0n) is 11.8. The van der Waals surface area contributed by atoms with Gasteiger partial charge in [0, 0.05) is 31.0 Å². The first kappa shape index (κ1) is 15.0. The van der Waals surface area contributed by atoms with E-state index in [1.54, 1.807) is 12.1 Å². The predicted octanol–water partition coefficient (Wildman–Crippen LogP) is 1.48. The second kappa shape index (κ2) is 5.93. The third kappa shape index (κ3) is 4.31. The van der Waals surface area contributed by atoms with Gasteiger partial charge in [0.05, 0.1) is 4.90 Å². The van der Waals surface area contributed by atoms with Gasteiger partial charge in [0.25, 0.3) is 0 Å². The van der Waals surface area contributed by atoms with Crippen LogP contribution in [0.2, 0.25) is 0 Å². The maximum Gasteiger partial charge on any atom is 0.225 e. The average molecular weight is 296 g/mol. The zero-order chi connectivity index (χ0) is 14.8. The number of hydrogen-bond acceptors (Lipinski definition) is 4. The lowest BCUT2D eigenvalue weighted by Gasteiger charge is -2.10. The van der Waals surface area contributed by atoms with E-state index in [0.29, 0.717) is 24.7 Å². The summed E-state index contributed by atoms with van der Waals surface area (Å²) >= 11 is 0. The van der Waals surface area contributed by atoms with Gasteiger partial charge in [-0.1, -0.05) is 6.07 Å². The Bertz CT molecular complexity index is 607. The highest BCUT2D eigenvalue weighted by Crippen LogP contribution is 2.21. The summed E-state index contributed by atoms with van der Waals surface area (Å²) in [5, 5.41) is 6.04. The second-order valence-electron chi connectivity index (χ2n) is 5.28. The van der Waals surface area contributed by atoms with Crippen LogP contribution in [0.15, 0.2) is 23.1 Å². The lowest BCUT2D eigenvalue weighted by Crippen LogP contribution is -2.23. The van der Waals surface area contributed by atoms with Gasteiger partial charge in [-0.3, -0.25) is 4.79 Å². The highest BCUT2D eigenvalue weighted by molar-refractivity contribution is 7.90. The van der Waals surface area contributed by atoms with E-state index in [4.69, 9.17) is 0 Å². The molecule has 0 bridgehead atoms. The van der Waals surface area contributed by atoms with Crippen LogP contribution in [0, 0.1) is 6.92 Å². The molecular formula is C14H20N2O3S. The van der Waals surface area contributed by atoms with Crippen LogP contribution in [0.4, 0.5) is 5.69 Å². The van der Waals surface area contributed by atoms with Crippen molar-refractivity contribution in [3.8, 4) is 0 Å². The normalized spacial score (nSPS) is 15.1. The lowest BCUT2D eigenvalue weighted by molar-refractivity contribution is -0.116. The topological polar surface area (TPSA) is 75.3 Å². The van der Waals surface area contributed by atoms with Crippen LogP contribution < -0.4 is 10.6 Å². The fraction of sp³-hybridized carbons (Fsp3) is 0.500. The minimum Gasteiger partial charge on any atom is -0.326 e. The van der Waals surface area contributed by atoms with Gasteiger partial charge in [-0.2, -0.15) is 0 Å². The van der Waals surface area contributed by atoms with Gasteiger partial charge in [0.1, 0.15) is 0 Å². The number of carbonyl (C=O) groups is 1. The molecule has 1 saturated carbocycles. The molecular weight excluding hydrogens is 276 g/mol. The van der Waals surface area contributed by atoms with E-state index in [2.05, 4.69) is 10.6 Å². The number of nitrogens with one attached hydrogen (secondary N) is 2. The Morgan fingerprint density at radius 1 is 1.35 bits per heavy atom. The Hall–Kier alpha value is -1.40. The molecule has 6 heteroatoms. The maximum absolute atomic E-state index is 11.8. The van der Waals surface area contributed by atoms with Gasteiger partial charge in [-0.25, -0.2) is 8.42 Å². The molecule has 0 radical (unpaired) electrons. The minimum absolute atomic E-state index is 0.105. The Morgan fingerprint density at radius 3 is 2.65 bits per heavy atom. The van der Waals surface area contributed by atoms with Crippen molar-refractivity contribution in [1.82, 2.24) is 5.32 Å². The van der Waals surface area contributed by atoms with Gasteiger partial charge >= 0.3 is 0 Å². The van der Waals surface area contributed by atoms with Gasteiger partial charge < -0.3 is 10.6 Å². The molecule has 1 fully saturated rings. The van der Waals surface area contributed by atoms with Crippen LogP contribution in [-0.2, 0) is 14.6 Å². The number of sulfone groups is 1. The van der Waals surface area contributed by atoms with E-state index < -0.39 is 9.84 Å². The molecule has 1 amide bonds. The first-order valence-electron chi connectivity index (χ1n) is 6.70. The third-order valence-electron chi connectivity index (χ3n) is 3.27. The van der Waals surface area contributed by atoms with Crippen molar-refractivity contribution in [3.63, 3.8) is 0 Å². The quantitative estimate of drug-likeness (QED) is 0.834. The largest absolute Gasteiger partial charge is 0.326 e. The summed E-state index contributed by atoms with van der Waals surface area (Å²) in [5.41, 5.74) is 1.41. The number of rotatable bonds is 6. The Labute approximate surface area is 119 Å². The number of anilines is 1. The first-order chi connectivity index (χ1) is 9.36. The van der Waals surface area contributed by atoms with Crippen LogP contribution in [-0.4, -0.2) is 33.2 Å². The first-order valence-corrected chi connectivity index (χ1v) is 8.59. The molecule has 1 aliphatic rings. The van der Waals surface area contributed by atoms with Crippen molar-refractivity contribution < 1.29 is 13.2 Å². The van der Waals surface area contributed by atoms with Crippen LogP contribution in [0.25, 0.3) is 0 Å². The fourth-order valence-corrected chi connectivity index (χ4v) is 2.50. The van der Waals surface area contributed by atoms with Gasteiger partial charge in [0.15, 0.2) is 9.84 Å². The third-order valence-corrected chi connectivity index (χ3v) is 4.38. The molecule has 0 saturated heterocycles. The van der Waals surface area contributed by atoms with Crippen LogP contribution >= 0.6 is 0 Å². The molecule has 0 spiro atoms. The van der Waals surface area contributed by atoms with Gasteiger partial charge in [-0.15, -0.1) is 0 Å². The summed E-state index contributed by atoms with van der Waals surface area (Å²) < 4.78 is 23.0. The second-order valence-corrected chi connectivity index (χ2v) is 7.29. The van der Waals surface area contributed by atoms with Crippen LogP contribution in [0.1, 0.15) is 24.8 Å². The fourth-order valence-electron chi connectivity index (χ4n) is 1.86. The van der Waals surface area contributed by atoms with E-state index in [9.17, 15) is 13.2 Å². The molecule has 2 N–H and O–H groups in total. The molecule has 5 nitrogen and oxygen atoms in total. The molecule has 0 aromatic heterocycles.